The summed E-state index contributed by atoms with van der Waals surface area (Å²) < 4.78 is 5.24. The standard InChI is InChI=1S/C22H29N3O2/c1-16-21(17(2)27-23-16)10-11-22(26)25-13-12-24(19-8-9-19)15-20(25)14-18-6-4-3-5-7-18/h3-7,19-20H,8-15H2,1-2H3. The topological polar surface area (TPSA) is 49.6 Å². The average molecular weight is 367 g/mol. The highest BCUT2D eigenvalue weighted by Gasteiger charge is 2.37. The second-order valence-electron chi connectivity index (χ2n) is 7.96. The van der Waals surface area contributed by atoms with Gasteiger partial charge in [-0.15, -0.1) is 0 Å². The van der Waals surface area contributed by atoms with Gasteiger partial charge in [0.05, 0.1) is 5.69 Å². The van der Waals surface area contributed by atoms with Crippen LogP contribution in [0.2, 0.25) is 0 Å². The molecule has 1 saturated carbocycles. The van der Waals surface area contributed by atoms with Crippen LogP contribution in [-0.2, 0) is 17.6 Å². The Kier molecular flexibility index (Phi) is 5.30. The minimum Gasteiger partial charge on any atom is -0.361 e. The molecular formula is C22H29N3O2. The predicted octanol–water partition coefficient (Wildman–Crippen LogP) is 3.14. The van der Waals surface area contributed by atoms with Gasteiger partial charge in [0.1, 0.15) is 5.76 Å². The summed E-state index contributed by atoms with van der Waals surface area (Å²) in [5.41, 5.74) is 3.29. The molecule has 2 heterocycles. The van der Waals surface area contributed by atoms with Gasteiger partial charge < -0.3 is 9.42 Å². The number of hydrogen-bond acceptors (Lipinski definition) is 4. The fourth-order valence-electron chi connectivity index (χ4n) is 4.27. The van der Waals surface area contributed by atoms with Crippen LogP contribution in [0.25, 0.3) is 0 Å². The quantitative estimate of drug-likeness (QED) is 0.787. The Bertz CT molecular complexity index is 763. The van der Waals surface area contributed by atoms with Crippen molar-refractivity contribution in [3.05, 3.63) is 52.9 Å². The molecule has 0 spiro atoms. The summed E-state index contributed by atoms with van der Waals surface area (Å²) in [7, 11) is 0. The van der Waals surface area contributed by atoms with Crippen molar-refractivity contribution in [3.8, 4) is 0 Å². The normalized spacial score (nSPS) is 20.8. The molecule has 2 aromatic rings. The van der Waals surface area contributed by atoms with Crippen molar-refractivity contribution in [2.24, 2.45) is 0 Å². The first-order valence-corrected chi connectivity index (χ1v) is 10.1. The number of carbonyl (C=O) groups is 1. The van der Waals surface area contributed by atoms with E-state index < -0.39 is 0 Å². The largest absolute Gasteiger partial charge is 0.361 e. The van der Waals surface area contributed by atoms with Crippen LogP contribution in [0, 0.1) is 13.8 Å². The summed E-state index contributed by atoms with van der Waals surface area (Å²) in [4.78, 5) is 17.8. The van der Waals surface area contributed by atoms with Crippen molar-refractivity contribution in [1.29, 1.82) is 0 Å². The molecule has 4 rings (SSSR count). The lowest BCUT2D eigenvalue weighted by atomic mass is 10.0. The number of benzene rings is 1. The zero-order chi connectivity index (χ0) is 18.8. The molecule has 1 atom stereocenters. The van der Waals surface area contributed by atoms with Crippen molar-refractivity contribution in [1.82, 2.24) is 15.0 Å². The lowest BCUT2D eigenvalue weighted by Crippen LogP contribution is -2.56. The summed E-state index contributed by atoms with van der Waals surface area (Å²) in [6.07, 6.45) is 4.80. The van der Waals surface area contributed by atoms with Crippen LogP contribution in [0.3, 0.4) is 0 Å². The van der Waals surface area contributed by atoms with Gasteiger partial charge >= 0.3 is 0 Å². The van der Waals surface area contributed by atoms with Crippen LogP contribution in [0.5, 0.6) is 0 Å². The number of rotatable bonds is 6. The van der Waals surface area contributed by atoms with Gasteiger partial charge in [0.25, 0.3) is 0 Å². The molecule has 5 heteroatoms. The molecule has 1 amide bonds. The summed E-state index contributed by atoms with van der Waals surface area (Å²) in [6.45, 7) is 6.72. The average Bonchev–Trinajstić information content (AvgIpc) is 3.47. The third-order valence-corrected chi connectivity index (χ3v) is 5.98. The molecule has 1 unspecified atom stereocenters. The van der Waals surface area contributed by atoms with Crippen LogP contribution >= 0.6 is 0 Å². The summed E-state index contributed by atoms with van der Waals surface area (Å²) in [5.74, 6) is 1.09. The maximum Gasteiger partial charge on any atom is 0.223 e. The van der Waals surface area contributed by atoms with Crippen molar-refractivity contribution >= 4 is 5.91 Å². The van der Waals surface area contributed by atoms with Gasteiger partial charge in [-0.2, -0.15) is 0 Å². The van der Waals surface area contributed by atoms with Crippen molar-refractivity contribution < 1.29 is 9.32 Å². The van der Waals surface area contributed by atoms with Crippen molar-refractivity contribution in [3.63, 3.8) is 0 Å². The highest BCUT2D eigenvalue weighted by atomic mass is 16.5. The maximum absolute atomic E-state index is 13.1. The van der Waals surface area contributed by atoms with Gasteiger partial charge in [0.15, 0.2) is 0 Å². The first-order chi connectivity index (χ1) is 13.1. The van der Waals surface area contributed by atoms with Crippen LogP contribution in [0.4, 0.5) is 0 Å². The summed E-state index contributed by atoms with van der Waals surface area (Å²) in [6, 6.07) is 11.6. The van der Waals surface area contributed by atoms with Gasteiger partial charge in [-0.25, -0.2) is 0 Å². The molecule has 0 N–H and O–H groups in total. The number of carbonyl (C=O) groups excluding carboxylic acids is 1. The zero-order valence-corrected chi connectivity index (χ0v) is 16.4. The first-order valence-electron chi connectivity index (χ1n) is 10.1. The Hall–Kier alpha value is -2.14. The number of aromatic nitrogens is 1. The van der Waals surface area contributed by atoms with E-state index in [0.29, 0.717) is 12.8 Å². The molecule has 0 radical (unpaired) electrons. The van der Waals surface area contributed by atoms with Gasteiger partial charge in [-0.05, 0) is 45.1 Å². The number of amides is 1. The summed E-state index contributed by atoms with van der Waals surface area (Å²) >= 11 is 0. The van der Waals surface area contributed by atoms with E-state index in [-0.39, 0.29) is 11.9 Å². The molecule has 1 saturated heterocycles. The molecular weight excluding hydrogens is 338 g/mol. The Labute approximate surface area is 161 Å². The Balaban J connectivity index is 1.43. The Morgan fingerprint density at radius 1 is 1.19 bits per heavy atom. The van der Waals surface area contributed by atoms with Gasteiger partial charge in [-0.3, -0.25) is 9.69 Å². The Morgan fingerprint density at radius 3 is 2.63 bits per heavy atom. The SMILES string of the molecule is Cc1noc(C)c1CCC(=O)N1CCN(C2CC2)CC1Cc1ccccc1. The smallest absolute Gasteiger partial charge is 0.223 e. The lowest BCUT2D eigenvalue weighted by molar-refractivity contribution is -0.136. The monoisotopic (exact) mass is 367 g/mol. The van der Waals surface area contributed by atoms with E-state index in [1.807, 2.05) is 19.9 Å². The third kappa shape index (κ3) is 4.24. The van der Waals surface area contributed by atoms with Crippen molar-refractivity contribution in [2.45, 2.75) is 58.0 Å². The lowest BCUT2D eigenvalue weighted by Gasteiger charge is -2.42. The number of nitrogens with zero attached hydrogens (tertiary/aromatic N) is 3. The van der Waals surface area contributed by atoms with Crippen molar-refractivity contribution in [2.75, 3.05) is 19.6 Å². The van der Waals surface area contributed by atoms with Gasteiger partial charge in [-0.1, -0.05) is 35.5 Å². The van der Waals surface area contributed by atoms with E-state index in [1.165, 1.54) is 18.4 Å². The maximum atomic E-state index is 13.1. The molecule has 144 valence electrons. The molecule has 1 aliphatic carbocycles. The molecule has 0 bridgehead atoms. The van der Waals surface area contributed by atoms with E-state index in [1.54, 1.807) is 0 Å². The first kappa shape index (κ1) is 18.2. The predicted molar refractivity (Wildman–Crippen MR) is 105 cm³/mol. The fraction of sp³-hybridized carbons (Fsp3) is 0.545. The number of aryl methyl sites for hydroxylation is 2. The highest BCUT2D eigenvalue weighted by Crippen LogP contribution is 2.30. The van der Waals surface area contributed by atoms with E-state index in [0.717, 1.165) is 49.1 Å². The number of hydrogen-bond donors (Lipinski definition) is 0. The van der Waals surface area contributed by atoms with E-state index in [4.69, 9.17) is 4.52 Å². The molecule has 27 heavy (non-hydrogen) atoms. The van der Waals surface area contributed by atoms with E-state index in [2.05, 4.69) is 39.2 Å². The van der Waals surface area contributed by atoms with Crippen LogP contribution in [0.15, 0.2) is 34.9 Å². The number of piperazine rings is 1. The second-order valence-corrected chi connectivity index (χ2v) is 7.96. The summed E-state index contributed by atoms with van der Waals surface area (Å²) in [5, 5.41) is 4.01. The highest BCUT2D eigenvalue weighted by molar-refractivity contribution is 5.77. The van der Waals surface area contributed by atoms with E-state index in [9.17, 15) is 4.79 Å². The van der Waals surface area contributed by atoms with Crippen LogP contribution in [0.1, 0.15) is 41.8 Å². The van der Waals surface area contributed by atoms with E-state index >= 15 is 0 Å². The minimum atomic E-state index is 0.256. The Morgan fingerprint density at radius 2 is 1.96 bits per heavy atom. The van der Waals surface area contributed by atoms with Crippen LogP contribution in [-0.4, -0.2) is 52.6 Å². The molecule has 2 aliphatic rings. The minimum absolute atomic E-state index is 0.256. The van der Waals surface area contributed by atoms with Crippen LogP contribution < -0.4 is 0 Å². The molecule has 5 nitrogen and oxygen atoms in total. The molecule has 2 fully saturated rings. The molecule has 1 aromatic carbocycles. The van der Waals surface area contributed by atoms with Gasteiger partial charge in [0.2, 0.25) is 5.91 Å². The molecule has 1 aromatic heterocycles. The molecule has 1 aliphatic heterocycles. The fourth-order valence-corrected chi connectivity index (χ4v) is 4.27. The van der Waals surface area contributed by atoms with Gasteiger partial charge in [0, 0.05) is 43.7 Å². The second kappa shape index (κ2) is 7.85. The zero-order valence-electron chi connectivity index (χ0n) is 16.4. The third-order valence-electron chi connectivity index (χ3n) is 5.98.